The topological polar surface area (TPSA) is 57.9 Å². The first-order valence-corrected chi connectivity index (χ1v) is 7.99. The van der Waals surface area contributed by atoms with Crippen molar-refractivity contribution in [1.82, 2.24) is 0 Å². The van der Waals surface area contributed by atoms with Crippen LogP contribution in [0.1, 0.15) is 28.6 Å². The minimum absolute atomic E-state index is 0.138. The summed E-state index contributed by atoms with van der Waals surface area (Å²) in [6.45, 7) is 1.96. The zero-order valence-corrected chi connectivity index (χ0v) is 14.7. The molecule has 0 bridgehead atoms. The number of hydrogen-bond acceptors (Lipinski definition) is 5. The highest BCUT2D eigenvalue weighted by atomic mass is 16.5. The van der Waals surface area contributed by atoms with E-state index in [1.54, 1.807) is 12.1 Å². The molecule has 2 aromatic carbocycles. The summed E-state index contributed by atoms with van der Waals surface area (Å²) >= 11 is 0. The Hall–Kier alpha value is -2.95. The predicted molar refractivity (Wildman–Crippen MR) is 95.1 cm³/mol. The van der Waals surface area contributed by atoms with Crippen LogP contribution in [0.2, 0.25) is 0 Å². The molecule has 0 amide bonds. The molecular formula is C20H20O5. The van der Waals surface area contributed by atoms with Crippen molar-refractivity contribution in [3.63, 3.8) is 0 Å². The van der Waals surface area contributed by atoms with Gasteiger partial charge in [-0.05, 0) is 18.2 Å². The maximum atomic E-state index is 13.2. The third kappa shape index (κ3) is 2.82. The van der Waals surface area contributed by atoms with Gasteiger partial charge >= 0.3 is 0 Å². The molecule has 5 heteroatoms. The summed E-state index contributed by atoms with van der Waals surface area (Å²) in [4.78, 5) is 13.2. The van der Waals surface area contributed by atoms with Crippen LogP contribution in [0.3, 0.4) is 0 Å². The van der Waals surface area contributed by atoms with Gasteiger partial charge in [-0.15, -0.1) is 0 Å². The van der Waals surface area contributed by atoms with Crippen molar-refractivity contribution in [3.8, 4) is 17.2 Å². The normalized spacial score (nSPS) is 10.7. The number of fused-ring (bicyclic) bond motifs is 1. The second-order valence-corrected chi connectivity index (χ2v) is 5.49. The van der Waals surface area contributed by atoms with Crippen molar-refractivity contribution < 1.29 is 23.4 Å². The van der Waals surface area contributed by atoms with E-state index in [2.05, 4.69) is 0 Å². The molecule has 5 nitrogen and oxygen atoms in total. The lowest BCUT2D eigenvalue weighted by Gasteiger charge is -2.13. The number of carbonyl (C=O) groups is 1. The first-order valence-electron chi connectivity index (χ1n) is 7.99. The standard InChI is InChI=1S/C20H20O5/c1-5-14-18(13-8-6-7-9-15(13)25-14)19(21)12-10-16(22-2)20(24-4)17(11-12)23-3/h6-11H,5H2,1-4H3. The Labute approximate surface area is 146 Å². The summed E-state index contributed by atoms with van der Waals surface area (Å²) in [6, 6.07) is 10.8. The Kier molecular flexibility index (Phi) is 4.65. The van der Waals surface area contributed by atoms with Gasteiger partial charge in [0.15, 0.2) is 17.3 Å². The summed E-state index contributed by atoms with van der Waals surface area (Å²) in [5, 5.41) is 0.804. The third-order valence-electron chi connectivity index (χ3n) is 4.14. The molecule has 3 aromatic rings. The van der Waals surface area contributed by atoms with Gasteiger partial charge in [0.1, 0.15) is 11.3 Å². The summed E-state index contributed by atoms with van der Waals surface area (Å²) < 4.78 is 21.9. The van der Waals surface area contributed by atoms with Gasteiger partial charge in [0.25, 0.3) is 0 Å². The first-order chi connectivity index (χ1) is 12.1. The fourth-order valence-corrected chi connectivity index (χ4v) is 2.95. The van der Waals surface area contributed by atoms with Crippen LogP contribution in [0.15, 0.2) is 40.8 Å². The van der Waals surface area contributed by atoms with Crippen molar-refractivity contribution in [1.29, 1.82) is 0 Å². The Bertz CT molecular complexity index is 898. The van der Waals surface area contributed by atoms with Gasteiger partial charge in [-0.1, -0.05) is 25.1 Å². The second-order valence-electron chi connectivity index (χ2n) is 5.49. The fraction of sp³-hybridized carbons (Fsp3) is 0.250. The molecule has 0 aliphatic carbocycles. The molecule has 0 radical (unpaired) electrons. The van der Waals surface area contributed by atoms with Crippen molar-refractivity contribution in [3.05, 3.63) is 53.3 Å². The van der Waals surface area contributed by atoms with E-state index < -0.39 is 0 Å². The number of ether oxygens (including phenoxy) is 3. The van der Waals surface area contributed by atoms with E-state index >= 15 is 0 Å². The van der Waals surface area contributed by atoms with Crippen LogP contribution < -0.4 is 14.2 Å². The molecule has 0 unspecified atom stereocenters. The minimum atomic E-state index is -0.138. The molecule has 0 N–H and O–H groups in total. The molecule has 25 heavy (non-hydrogen) atoms. The van der Waals surface area contributed by atoms with Crippen LogP contribution >= 0.6 is 0 Å². The van der Waals surface area contributed by atoms with Crippen molar-refractivity contribution >= 4 is 16.8 Å². The number of hydrogen-bond donors (Lipinski definition) is 0. The quantitative estimate of drug-likeness (QED) is 0.628. The minimum Gasteiger partial charge on any atom is -0.493 e. The van der Waals surface area contributed by atoms with Gasteiger partial charge in [-0.3, -0.25) is 4.79 Å². The number of rotatable bonds is 6. The summed E-state index contributed by atoms with van der Waals surface area (Å²) in [7, 11) is 4.58. The number of aryl methyl sites for hydroxylation is 1. The smallest absolute Gasteiger partial charge is 0.203 e. The highest BCUT2D eigenvalue weighted by Crippen LogP contribution is 2.39. The van der Waals surface area contributed by atoms with Gasteiger partial charge < -0.3 is 18.6 Å². The Morgan fingerprint density at radius 3 is 2.20 bits per heavy atom. The van der Waals surface area contributed by atoms with Crippen molar-refractivity contribution in [2.75, 3.05) is 21.3 Å². The first kappa shape index (κ1) is 16.9. The molecule has 0 aliphatic heterocycles. The van der Waals surface area contributed by atoms with E-state index in [1.165, 1.54) is 21.3 Å². The van der Waals surface area contributed by atoms with E-state index in [4.69, 9.17) is 18.6 Å². The lowest BCUT2D eigenvalue weighted by molar-refractivity contribution is 0.103. The van der Waals surface area contributed by atoms with E-state index in [-0.39, 0.29) is 5.78 Å². The van der Waals surface area contributed by atoms with Gasteiger partial charge in [0, 0.05) is 17.4 Å². The van der Waals surface area contributed by atoms with Crippen LogP contribution in [0, 0.1) is 0 Å². The largest absolute Gasteiger partial charge is 0.493 e. The van der Waals surface area contributed by atoms with E-state index in [0.29, 0.717) is 46.1 Å². The molecule has 0 saturated carbocycles. The van der Waals surface area contributed by atoms with E-state index in [9.17, 15) is 4.79 Å². The van der Waals surface area contributed by atoms with Crippen LogP contribution in [0.4, 0.5) is 0 Å². The fourth-order valence-electron chi connectivity index (χ4n) is 2.95. The summed E-state index contributed by atoms with van der Waals surface area (Å²) in [5.41, 5.74) is 1.73. The van der Waals surface area contributed by atoms with Gasteiger partial charge in [-0.2, -0.15) is 0 Å². The third-order valence-corrected chi connectivity index (χ3v) is 4.14. The zero-order chi connectivity index (χ0) is 18.0. The van der Waals surface area contributed by atoms with Gasteiger partial charge in [-0.25, -0.2) is 0 Å². The highest BCUT2D eigenvalue weighted by Gasteiger charge is 2.24. The molecule has 0 saturated heterocycles. The second kappa shape index (κ2) is 6.89. The SMILES string of the molecule is CCc1oc2ccccc2c1C(=O)c1cc(OC)c(OC)c(OC)c1. The average molecular weight is 340 g/mol. The zero-order valence-electron chi connectivity index (χ0n) is 14.7. The van der Waals surface area contributed by atoms with Crippen LogP contribution in [-0.4, -0.2) is 27.1 Å². The van der Waals surface area contributed by atoms with Gasteiger partial charge in [0.2, 0.25) is 5.75 Å². The number of carbonyl (C=O) groups excluding carboxylic acids is 1. The van der Waals surface area contributed by atoms with E-state index in [1.807, 2.05) is 31.2 Å². The highest BCUT2D eigenvalue weighted by molar-refractivity contribution is 6.17. The summed E-state index contributed by atoms with van der Waals surface area (Å²) in [6.07, 6.45) is 0.625. The molecule has 3 rings (SSSR count). The molecular weight excluding hydrogens is 320 g/mol. The van der Waals surface area contributed by atoms with Crippen molar-refractivity contribution in [2.24, 2.45) is 0 Å². The van der Waals surface area contributed by atoms with Crippen molar-refractivity contribution in [2.45, 2.75) is 13.3 Å². The number of benzene rings is 2. The van der Waals surface area contributed by atoms with Gasteiger partial charge in [0.05, 0.1) is 26.9 Å². The molecule has 0 aliphatic rings. The molecule has 0 spiro atoms. The van der Waals surface area contributed by atoms with Crippen LogP contribution in [0.25, 0.3) is 11.0 Å². The molecule has 1 heterocycles. The lowest BCUT2D eigenvalue weighted by atomic mass is 9.98. The molecule has 130 valence electrons. The number of para-hydroxylation sites is 1. The Morgan fingerprint density at radius 2 is 1.64 bits per heavy atom. The van der Waals surface area contributed by atoms with Crippen LogP contribution in [-0.2, 0) is 6.42 Å². The monoisotopic (exact) mass is 340 g/mol. The lowest BCUT2D eigenvalue weighted by Crippen LogP contribution is -2.05. The molecule has 0 atom stereocenters. The number of methoxy groups -OCH3 is 3. The Balaban J connectivity index is 2.19. The summed E-state index contributed by atoms with van der Waals surface area (Å²) in [5.74, 6) is 1.86. The maximum absolute atomic E-state index is 13.2. The number of furan rings is 1. The average Bonchev–Trinajstić information content (AvgIpc) is 3.04. The molecule has 0 fully saturated rings. The van der Waals surface area contributed by atoms with E-state index in [0.717, 1.165) is 5.39 Å². The molecule has 1 aromatic heterocycles. The van der Waals surface area contributed by atoms with Crippen LogP contribution in [0.5, 0.6) is 17.2 Å². The number of ketones is 1. The Morgan fingerprint density at radius 1 is 1.00 bits per heavy atom. The predicted octanol–water partition coefficient (Wildman–Crippen LogP) is 4.25. The maximum Gasteiger partial charge on any atom is 0.203 e.